The molecule has 18 heavy (non-hydrogen) atoms. The smallest absolute Gasteiger partial charge is 0.308 e. The predicted octanol–water partition coefficient (Wildman–Crippen LogP) is 2.09. The lowest BCUT2D eigenvalue weighted by atomic mass is 9.95. The highest BCUT2D eigenvalue weighted by Gasteiger charge is 2.21. The van der Waals surface area contributed by atoms with Gasteiger partial charge in [0.1, 0.15) is 0 Å². The van der Waals surface area contributed by atoms with E-state index in [0.717, 1.165) is 6.42 Å². The average molecular weight is 259 g/mol. The summed E-state index contributed by atoms with van der Waals surface area (Å²) in [5.41, 5.74) is 5.09. The van der Waals surface area contributed by atoms with Crippen LogP contribution in [-0.4, -0.2) is 29.3 Å². The van der Waals surface area contributed by atoms with Crippen LogP contribution in [0.3, 0.4) is 0 Å². The van der Waals surface area contributed by atoms with Crippen LogP contribution in [-0.2, 0) is 9.53 Å². The number of carbonyl (C=O) groups excluding carboxylic acids is 1. The molecule has 0 aromatic heterocycles. The fourth-order valence-corrected chi connectivity index (χ4v) is 2.00. The Bertz CT molecular complexity index is 248. The first kappa shape index (κ1) is 17.4. The maximum atomic E-state index is 11.7. The molecule has 0 aliphatic rings. The summed E-state index contributed by atoms with van der Waals surface area (Å²) in [5.74, 6) is -0.197. The maximum absolute atomic E-state index is 11.7. The quantitative estimate of drug-likeness (QED) is 0.655. The number of ether oxygens (including phenoxy) is 1. The van der Waals surface area contributed by atoms with Crippen LogP contribution in [0.1, 0.15) is 53.9 Å². The monoisotopic (exact) mass is 259 g/mol. The van der Waals surface area contributed by atoms with Gasteiger partial charge >= 0.3 is 5.97 Å². The predicted molar refractivity (Wildman–Crippen MR) is 73.1 cm³/mol. The first-order valence-corrected chi connectivity index (χ1v) is 6.80. The highest BCUT2D eigenvalue weighted by molar-refractivity contribution is 5.72. The molecule has 3 N–H and O–H groups in total. The molecule has 0 saturated heterocycles. The zero-order chi connectivity index (χ0) is 14.3. The Hall–Kier alpha value is -0.610. The Morgan fingerprint density at radius 3 is 2.39 bits per heavy atom. The number of esters is 1. The van der Waals surface area contributed by atoms with E-state index in [1.165, 1.54) is 0 Å². The van der Waals surface area contributed by atoms with Crippen LogP contribution >= 0.6 is 0 Å². The van der Waals surface area contributed by atoms with Gasteiger partial charge in [-0.25, -0.2) is 0 Å². The average Bonchev–Trinajstić information content (AvgIpc) is 2.23. The van der Waals surface area contributed by atoms with Gasteiger partial charge in [-0.2, -0.15) is 0 Å². The van der Waals surface area contributed by atoms with Crippen molar-refractivity contribution >= 4 is 5.97 Å². The Morgan fingerprint density at radius 1 is 1.39 bits per heavy atom. The number of rotatable bonds is 8. The molecular weight excluding hydrogens is 230 g/mol. The molecule has 4 heteroatoms. The van der Waals surface area contributed by atoms with Crippen LogP contribution in [0.15, 0.2) is 0 Å². The molecule has 4 nitrogen and oxygen atoms in total. The molecule has 0 aliphatic heterocycles. The SMILES string of the molecule is CCC(N)CC(C)C(=O)OCC(C)CC(C)(C)O. The standard InChI is InChI=1S/C14H29NO3/c1-6-12(15)7-11(3)13(16)18-9-10(2)8-14(4,5)17/h10-12,17H,6-9,15H2,1-5H3. The minimum absolute atomic E-state index is 0.0568. The molecule has 0 fully saturated rings. The summed E-state index contributed by atoms with van der Waals surface area (Å²) >= 11 is 0. The van der Waals surface area contributed by atoms with Crippen molar-refractivity contribution in [1.29, 1.82) is 0 Å². The zero-order valence-electron chi connectivity index (χ0n) is 12.4. The van der Waals surface area contributed by atoms with E-state index in [4.69, 9.17) is 10.5 Å². The van der Waals surface area contributed by atoms with Crippen LogP contribution in [0.2, 0.25) is 0 Å². The lowest BCUT2D eigenvalue weighted by Gasteiger charge is -2.22. The van der Waals surface area contributed by atoms with Gasteiger partial charge in [-0.3, -0.25) is 4.79 Å². The van der Waals surface area contributed by atoms with Crippen molar-refractivity contribution in [2.75, 3.05) is 6.61 Å². The molecule has 0 aromatic rings. The van der Waals surface area contributed by atoms with Gasteiger partial charge in [-0.05, 0) is 39.0 Å². The van der Waals surface area contributed by atoms with E-state index in [-0.39, 0.29) is 23.8 Å². The van der Waals surface area contributed by atoms with E-state index in [9.17, 15) is 9.90 Å². The number of aliphatic hydroxyl groups is 1. The Kier molecular flexibility index (Phi) is 7.48. The molecule has 3 atom stereocenters. The fraction of sp³-hybridized carbons (Fsp3) is 0.929. The van der Waals surface area contributed by atoms with Crippen molar-refractivity contribution < 1.29 is 14.6 Å². The second-order valence-electron chi connectivity index (χ2n) is 6.06. The van der Waals surface area contributed by atoms with Crippen molar-refractivity contribution in [3.8, 4) is 0 Å². The lowest BCUT2D eigenvalue weighted by Crippen LogP contribution is -2.28. The van der Waals surface area contributed by atoms with E-state index in [2.05, 4.69) is 0 Å². The van der Waals surface area contributed by atoms with Gasteiger partial charge in [0.2, 0.25) is 0 Å². The fourth-order valence-electron chi connectivity index (χ4n) is 2.00. The second-order valence-corrected chi connectivity index (χ2v) is 6.06. The molecule has 0 aromatic carbocycles. The van der Waals surface area contributed by atoms with Gasteiger partial charge in [0.25, 0.3) is 0 Å². The summed E-state index contributed by atoms with van der Waals surface area (Å²) < 4.78 is 5.25. The van der Waals surface area contributed by atoms with Gasteiger partial charge in [-0.1, -0.05) is 20.8 Å². The van der Waals surface area contributed by atoms with E-state index in [0.29, 0.717) is 19.4 Å². The largest absolute Gasteiger partial charge is 0.465 e. The first-order chi connectivity index (χ1) is 8.15. The minimum atomic E-state index is -0.720. The Balaban J connectivity index is 3.95. The van der Waals surface area contributed by atoms with Gasteiger partial charge < -0.3 is 15.6 Å². The molecule has 108 valence electrons. The van der Waals surface area contributed by atoms with Crippen LogP contribution in [0.5, 0.6) is 0 Å². The molecule has 3 unspecified atom stereocenters. The van der Waals surface area contributed by atoms with Gasteiger partial charge in [0.15, 0.2) is 0 Å². The molecule has 0 heterocycles. The maximum Gasteiger partial charge on any atom is 0.308 e. The lowest BCUT2D eigenvalue weighted by molar-refractivity contribution is -0.150. The van der Waals surface area contributed by atoms with Crippen LogP contribution < -0.4 is 5.73 Å². The van der Waals surface area contributed by atoms with Crippen LogP contribution in [0, 0.1) is 11.8 Å². The molecule has 0 rings (SSSR count). The van der Waals surface area contributed by atoms with E-state index in [1.54, 1.807) is 13.8 Å². The summed E-state index contributed by atoms with van der Waals surface area (Å²) in [6.45, 7) is 9.69. The third-order valence-corrected chi connectivity index (χ3v) is 2.94. The van der Waals surface area contributed by atoms with Gasteiger partial charge in [0, 0.05) is 6.04 Å². The van der Waals surface area contributed by atoms with Crippen molar-refractivity contribution in [3.63, 3.8) is 0 Å². The minimum Gasteiger partial charge on any atom is -0.465 e. The normalized spacial score (nSPS) is 17.1. The third kappa shape index (κ3) is 8.48. The van der Waals surface area contributed by atoms with Gasteiger partial charge in [-0.15, -0.1) is 0 Å². The Labute approximate surface area is 111 Å². The number of hydrogen-bond acceptors (Lipinski definition) is 4. The Morgan fingerprint density at radius 2 is 1.94 bits per heavy atom. The topological polar surface area (TPSA) is 72.6 Å². The van der Waals surface area contributed by atoms with Crippen molar-refractivity contribution in [3.05, 3.63) is 0 Å². The van der Waals surface area contributed by atoms with Crippen molar-refractivity contribution in [1.82, 2.24) is 0 Å². The summed E-state index contributed by atoms with van der Waals surface area (Å²) in [5, 5.41) is 9.66. The highest BCUT2D eigenvalue weighted by Crippen LogP contribution is 2.17. The molecule has 0 aliphatic carbocycles. The number of nitrogens with two attached hydrogens (primary N) is 1. The first-order valence-electron chi connectivity index (χ1n) is 6.80. The second kappa shape index (κ2) is 7.74. The molecule has 0 amide bonds. The third-order valence-electron chi connectivity index (χ3n) is 2.94. The molecule has 0 radical (unpaired) electrons. The molecule has 0 bridgehead atoms. The number of hydrogen-bond donors (Lipinski definition) is 2. The number of carbonyl (C=O) groups is 1. The van der Waals surface area contributed by atoms with E-state index in [1.807, 2.05) is 20.8 Å². The van der Waals surface area contributed by atoms with Crippen LogP contribution in [0.4, 0.5) is 0 Å². The molecule has 0 spiro atoms. The van der Waals surface area contributed by atoms with Crippen molar-refractivity contribution in [2.45, 2.75) is 65.5 Å². The van der Waals surface area contributed by atoms with E-state index < -0.39 is 5.60 Å². The molecule has 0 saturated carbocycles. The van der Waals surface area contributed by atoms with E-state index >= 15 is 0 Å². The zero-order valence-corrected chi connectivity index (χ0v) is 12.4. The summed E-state index contributed by atoms with van der Waals surface area (Å²) in [7, 11) is 0. The van der Waals surface area contributed by atoms with Gasteiger partial charge in [0.05, 0.1) is 18.1 Å². The summed E-state index contributed by atoms with van der Waals surface area (Å²) in [4.78, 5) is 11.7. The summed E-state index contributed by atoms with van der Waals surface area (Å²) in [6.07, 6.45) is 2.14. The van der Waals surface area contributed by atoms with Crippen LogP contribution in [0.25, 0.3) is 0 Å². The highest BCUT2D eigenvalue weighted by atomic mass is 16.5. The van der Waals surface area contributed by atoms with Crippen molar-refractivity contribution in [2.24, 2.45) is 17.6 Å². The molecular formula is C14H29NO3. The summed E-state index contributed by atoms with van der Waals surface area (Å²) in [6, 6.07) is 0.0568.